The summed E-state index contributed by atoms with van der Waals surface area (Å²) in [5, 5.41) is 9.18. The molecule has 0 aromatic carbocycles. The molecule has 0 aliphatic carbocycles. The molecule has 0 spiro atoms. The minimum absolute atomic E-state index is 0.0260. The molecule has 0 aromatic heterocycles. The molecule has 0 saturated carbocycles. The number of aliphatic carboxylic acids is 1. The number of hydrogen-bond acceptors (Lipinski definition) is 4. The monoisotopic (exact) mass is 173 g/mol. The summed E-state index contributed by atoms with van der Waals surface area (Å²) in [6.07, 6.45) is -0.143. The number of rotatable bonds is 3. The summed E-state index contributed by atoms with van der Waals surface area (Å²) in [6, 6.07) is 0. The fourth-order valence-corrected chi connectivity index (χ4v) is 1.00. The number of carbonyl (C=O) groups is 3. The highest BCUT2D eigenvalue weighted by molar-refractivity contribution is 5.97. The van der Waals surface area contributed by atoms with E-state index in [1.807, 2.05) is 0 Å². The van der Waals surface area contributed by atoms with Gasteiger partial charge in [0.05, 0.1) is 6.42 Å². The largest absolute Gasteiger partial charge is 0.479 e. The Morgan fingerprint density at radius 2 is 2.42 bits per heavy atom. The number of nitrogens with zero attached hydrogens (tertiary/aromatic N) is 1. The van der Waals surface area contributed by atoms with Gasteiger partial charge < -0.3 is 9.94 Å². The topological polar surface area (TPSA) is 83.9 Å². The molecule has 1 heterocycles. The van der Waals surface area contributed by atoms with Crippen LogP contribution < -0.4 is 0 Å². The van der Waals surface area contributed by atoms with Gasteiger partial charge in [0, 0.05) is 0 Å². The summed E-state index contributed by atoms with van der Waals surface area (Å²) in [6.45, 7) is 1.33. The molecule has 6 nitrogen and oxygen atoms in total. The first-order chi connectivity index (χ1) is 5.52. The van der Waals surface area contributed by atoms with Crippen molar-refractivity contribution >= 4 is 18.3 Å². The maximum Gasteiger partial charge on any atom is 0.333 e. The average Bonchev–Trinajstić information content (AvgIpc) is 2.00. The summed E-state index contributed by atoms with van der Waals surface area (Å²) in [4.78, 5) is 35.3. The van der Waals surface area contributed by atoms with Crippen molar-refractivity contribution in [2.75, 3.05) is 0 Å². The lowest BCUT2D eigenvalue weighted by Gasteiger charge is -2.42. The van der Waals surface area contributed by atoms with Crippen molar-refractivity contribution in [3.05, 3.63) is 0 Å². The first-order valence-corrected chi connectivity index (χ1v) is 3.19. The van der Waals surface area contributed by atoms with E-state index in [-0.39, 0.29) is 12.9 Å². The Balaban J connectivity index is 2.76. The van der Waals surface area contributed by atoms with Crippen molar-refractivity contribution < 1.29 is 24.3 Å². The second kappa shape index (κ2) is 2.47. The minimum Gasteiger partial charge on any atom is -0.479 e. The number of carboxylic acids is 1. The third-order valence-corrected chi connectivity index (χ3v) is 1.78. The molecule has 12 heavy (non-hydrogen) atoms. The third-order valence-electron chi connectivity index (χ3n) is 1.78. The first-order valence-electron chi connectivity index (χ1n) is 3.19. The van der Waals surface area contributed by atoms with E-state index < -0.39 is 17.4 Å². The van der Waals surface area contributed by atoms with Gasteiger partial charge >= 0.3 is 12.4 Å². The Morgan fingerprint density at radius 3 is 2.75 bits per heavy atom. The maximum absolute atomic E-state index is 10.7. The van der Waals surface area contributed by atoms with Crippen LogP contribution in [0.4, 0.5) is 0 Å². The third kappa shape index (κ3) is 0.919. The van der Waals surface area contributed by atoms with Crippen molar-refractivity contribution in [3.8, 4) is 0 Å². The lowest BCUT2D eigenvalue weighted by atomic mass is 9.89. The molecule has 1 N–H and O–H groups in total. The van der Waals surface area contributed by atoms with Gasteiger partial charge in [0.2, 0.25) is 0 Å². The highest BCUT2D eigenvalue weighted by Crippen LogP contribution is 2.31. The van der Waals surface area contributed by atoms with Crippen LogP contribution >= 0.6 is 0 Å². The lowest BCUT2D eigenvalue weighted by Crippen LogP contribution is -2.65. The van der Waals surface area contributed by atoms with E-state index in [9.17, 15) is 14.4 Å². The smallest absolute Gasteiger partial charge is 0.333 e. The zero-order chi connectivity index (χ0) is 9.35. The Bertz CT molecular complexity index is 250. The molecule has 0 radical (unpaired) electrons. The van der Waals surface area contributed by atoms with Gasteiger partial charge in [-0.1, -0.05) is 0 Å². The Kier molecular flexibility index (Phi) is 1.75. The van der Waals surface area contributed by atoms with Gasteiger partial charge in [-0.2, -0.15) is 5.06 Å². The van der Waals surface area contributed by atoms with Crippen LogP contribution in [0.15, 0.2) is 0 Å². The fraction of sp³-hybridized carbons (Fsp3) is 0.500. The van der Waals surface area contributed by atoms with Crippen LogP contribution in [0.1, 0.15) is 13.3 Å². The fourth-order valence-electron chi connectivity index (χ4n) is 1.00. The second-order valence-corrected chi connectivity index (χ2v) is 2.65. The van der Waals surface area contributed by atoms with Gasteiger partial charge in [-0.15, -0.1) is 0 Å². The van der Waals surface area contributed by atoms with E-state index in [0.717, 1.165) is 0 Å². The van der Waals surface area contributed by atoms with Crippen LogP contribution in [0.3, 0.4) is 0 Å². The molecule has 1 aliphatic rings. The molecule has 1 fully saturated rings. The summed E-state index contributed by atoms with van der Waals surface area (Å²) < 4.78 is 0. The second-order valence-electron chi connectivity index (χ2n) is 2.65. The van der Waals surface area contributed by atoms with Crippen LogP contribution in [-0.4, -0.2) is 34.1 Å². The SMILES string of the molecule is C[C@@]1(C(=O)O)CC(=O)N1OC=O. The van der Waals surface area contributed by atoms with E-state index in [0.29, 0.717) is 5.06 Å². The van der Waals surface area contributed by atoms with Crippen LogP contribution in [0.25, 0.3) is 0 Å². The highest BCUT2D eigenvalue weighted by Gasteiger charge is 2.55. The standard InChI is InChI=1S/C6H7NO5/c1-6(5(10)11)2-4(9)7(6)12-3-8/h3H,2H2,1H3,(H,10,11)/t6-/m0/s1. The van der Waals surface area contributed by atoms with E-state index in [1.165, 1.54) is 6.92 Å². The van der Waals surface area contributed by atoms with Gasteiger partial charge in [-0.05, 0) is 6.92 Å². The van der Waals surface area contributed by atoms with Gasteiger partial charge in [-0.25, -0.2) is 4.79 Å². The molecule has 6 heteroatoms. The molecule has 1 amide bonds. The molecule has 1 atom stereocenters. The number of carboxylic acid groups (broad SMARTS) is 1. The van der Waals surface area contributed by atoms with Crippen LogP contribution in [0.2, 0.25) is 0 Å². The van der Waals surface area contributed by atoms with Gasteiger partial charge in [0.1, 0.15) is 0 Å². The van der Waals surface area contributed by atoms with E-state index >= 15 is 0 Å². The predicted octanol–water partition coefficient (Wildman–Crippen LogP) is -0.850. The molecule has 1 saturated heterocycles. The van der Waals surface area contributed by atoms with Gasteiger partial charge in [-0.3, -0.25) is 9.59 Å². The predicted molar refractivity (Wildman–Crippen MR) is 34.7 cm³/mol. The summed E-state index contributed by atoms with van der Waals surface area (Å²) in [5.41, 5.74) is -1.39. The molecule has 0 unspecified atom stereocenters. The average molecular weight is 173 g/mol. The van der Waals surface area contributed by atoms with Crippen LogP contribution in [0.5, 0.6) is 0 Å². The maximum atomic E-state index is 10.7. The zero-order valence-electron chi connectivity index (χ0n) is 6.31. The normalized spacial score (nSPS) is 27.8. The molecular weight excluding hydrogens is 166 g/mol. The lowest BCUT2D eigenvalue weighted by molar-refractivity contribution is -0.240. The zero-order valence-corrected chi connectivity index (χ0v) is 6.31. The molecule has 66 valence electrons. The number of hydroxylamine groups is 2. The molecule has 1 rings (SSSR count). The Hall–Kier alpha value is -1.59. The van der Waals surface area contributed by atoms with Crippen molar-refractivity contribution in [3.63, 3.8) is 0 Å². The summed E-state index contributed by atoms with van der Waals surface area (Å²) in [7, 11) is 0. The van der Waals surface area contributed by atoms with E-state index in [2.05, 4.69) is 4.84 Å². The van der Waals surface area contributed by atoms with Crippen molar-refractivity contribution in [1.29, 1.82) is 0 Å². The van der Waals surface area contributed by atoms with Gasteiger partial charge in [0.25, 0.3) is 5.91 Å². The Labute approximate surface area is 67.7 Å². The summed E-state index contributed by atoms with van der Waals surface area (Å²) in [5.74, 6) is -1.70. The number of hydrogen-bond donors (Lipinski definition) is 1. The van der Waals surface area contributed by atoms with Crippen molar-refractivity contribution in [1.82, 2.24) is 5.06 Å². The van der Waals surface area contributed by atoms with Gasteiger partial charge in [0.15, 0.2) is 5.54 Å². The molecule has 1 aliphatic heterocycles. The first kappa shape index (κ1) is 8.51. The number of carbonyl (C=O) groups excluding carboxylic acids is 2. The van der Waals surface area contributed by atoms with E-state index in [4.69, 9.17) is 5.11 Å². The van der Waals surface area contributed by atoms with Crippen LogP contribution in [0, 0.1) is 0 Å². The number of β-lactam (4-membered cyclic amide) rings is 1. The molecule has 0 aromatic rings. The Morgan fingerprint density at radius 1 is 1.83 bits per heavy atom. The minimum atomic E-state index is -1.39. The van der Waals surface area contributed by atoms with Crippen molar-refractivity contribution in [2.45, 2.75) is 18.9 Å². The quantitative estimate of drug-likeness (QED) is 0.444. The van der Waals surface area contributed by atoms with E-state index in [1.54, 1.807) is 0 Å². The van der Waals surface area contributed by atoms with Crippen LogP contribution in [-0.2, 0) is 19.2 Å². The highest BCUT2D eigenvalue weighted by atomic mass is 16.7. The van der Waals surface area contributed by atoms with Crippen molar-refractivity contribution in [2.24, 2.45) is 0 Å². The molecular formula is C6H7NO5. The summed E-state index contributed by atoms with van der Waals surface area (Å²) >= 11 is 0. The molecule has 0 bridgehead atoms. The number of amides is 1.